The molecule has 0 saturated heterocycles. The fourth-order valence-electron chi connectivity index (χ4n) is 11.7. The molecule has 5 fully saturated rings. The largest absolute Gasteiger partial charge is 0.396 e. The van der Waals surface area contributed by atoms with Crippen LogP contribution in [0, 0.1) is 56.7 Å². The van der Waals surface area contributed by atoms with Crippen LogP contribution in [0.1, 0.15) is 113 Å². The number of hydrogen-bond donors (Lipinski definition) is 3. The summed E-state index contributed by atoms with van der Waals surface area (Å²) >= 11 is 0. The van der Waals surface area contributed by atoms with Gasteiger partial charge in [0.25, 0.3) is 0 Å². The van der Waals surface area contributed by atoms with Gasteiger partial charge in [-0.15, -0.1) is 0 Å². The van der Waals surface area contributed by atoms with E-state index in [9.17, 15) is 15.3 Å². The van der Waals surface area contributed by atoms with E-state index in [0.29, 0.717) is 34.5 Å². The molecule has 11 atom stereocenters. The van der Waals surface area contributed by atoms with Crippen molar-refractivity contribution >= 4 is 0 Å². The Morgan fingerprint density at radius 2 is 1.39 bits per heavy atom. The van der Waals surface area contributed by atoms with Crippen molar-refractivity contribution in [2.24, 2.45) is 56.7 Å². The molecule has 5 rings (SSSR count). The van der Waals surface area contributed by atoms with Crippen molar-refractivity contribution in [1.82, 2.24) is 0 Å². The minimum atomic E-state index is -0.619. The molecule has 3 nitrogen and oxygen atoms in total. The molecule has 0 spiro atoms. The number of fused-ring (bicyclic) bond motifs is 7. The van der Waals surface area contributed by atoms with Crippen LogP contribution in [0.15, 0.2) is 0 Å². The first-order valence-electron chi connectivity index (χ1n) is 14.2. The zero-order valence-corrected chi connectivity index (χ0v) is 22.6. The van der Waals surface area contributed by atoms with Crippen LogP contribution < -0.4 is 0 Å². The number of aliphatic hydroxyl groups excluding tert-OH is 2. The average molecular weight is 461 g/mol. The first kappa shape index (κ1) is 24.6. The van der Waals surface area contributed by atoms with Crippen molar-refractivity contribution in [3.63, 3.8) is 0 Å². The highest BCUT2D eigenvalue weighted by molar-refractivity contribution is 5.19. The molecule has 5 aliphatic carbocycles. The van der Waals surface area contributed by atoms with Gasteiger partial charge in [-0.3, -0.25) is 0 Å². The highest BCUT2D eigenvalue weighted by Crippen LogP contribution is 2.77. The molecule has 33 heavy (non-hydrogen) atoms. The lowest BCUT2D eigenvalue weighted by molar-refractivity contribution is -0.269. The molecule has 3 heteroatoms. The summed E-state index contributed by atoms with van der Waals surface area (Å²) in [5, 5.41) is 32.9. The van der Waals surface area contributed by atoms with Gasteiger partial charge in [-0.05, 0) is 128 Å². The van der Waals surface area contributed by atoms with Gasteiger partial charge in [0, 0.05) is 6.61 Å². The van der Waals surface area contributed by atoms with Crippen molar-refractivity contribution in [3.05, 3.63) is 0 Å². The Labute approximate surface area is 203 Å². The Morgan fingerprint density at radius 1 is 0.727 bits per heavy atom. The molecule has 0 amide bonds. The summed E-state index contributed by atoms with van der Waals surface area (Å²) in [6.45, 7) is 17.1. The summed E-state index contributed by atoms with van der Waals surface area (Å²) in [6, 6.07) is 0. The van der Waals surface area contributed by atoms with Crippen LogP contribution in [0.3, 0.4) is 0 Å². The van der Waals surface area contributed by atoms with Crippen molar-refractivity contribution in [1.29, 1.82) is 0 Å². The van der Waals surface area contributed by atoms with Crippen LogP contribution in [0.2, 0.25) is 0 Å². The van der Waals surface area contributed by atoms with E-state index in [-0.39, 0.29) is 34.9 Å². The van der Waals surface area contributed by atoms with E-state index < -0.39 is 5.60 Å². The second-order valence-electron chi connectivity index (χ2n) is 15.2. The average Bonchev–Trinajstić information content (AvgIpc) is 2.74. The third-order valence-corrected chi connectivity index (χ3v) is 14.2. The van der Waals surface area contributed by atoms with Crippen molar-refractivity contribution in [2.45, 2.75) is 124 Å². The van der Waals surface area contributed by atoms with Crippen molar-refractivity contribution in [2.75, 3.05) is 6.61 Å². The molecule has 5 saturated carbocycles. The minimum absolute atomic E-state index is 0.00127. The lowest BCUT2D eigenvalue weighted by Gasteiger charge is -2.74. The topological polar surface area (TPSA) is 60.7 Å². The maximum absolute atomic E-state index is 11.3. The van der Waals surface area contributed by atoms with E-state index in [1.165, 1.54) is 38.5 Å². The molecule has 5 aliphatic rings. The second-order valence-corrected chi connectivity index (χ2v) is 15.2. The van der Waals surface area contributed by atoms with E-state index >= 15 is 0 Å². The third-order valence-electron chi connectivity index (χ3n) is 14.2. The first-order chi connectivity index (χ1) is 15.2. The lowest BCUT2D eigenvalue weighted by Crippen LogP contribution is -2.68. The van der Waals surface area contributed by atoms with Gasteiger partial charge in [-0.1, -0.05) is 41.5 Å². The van der Waals surface area contributed by atoms with Crippen LogP contribution in [0.4, 0.5) is 0 Å². The first-order valence-corrected chi connectivity index (χ1v) is 14.2. The molecule has 0 aliphatic heterocycles. The van der Waals surface area contributed by atoms with Crippen molar-refractivity contribution < 1.29 is 15.3 Å². The van der Waals surface area contributed by atoms with Gasteiger partial charge in [-0.25, -0.2) is 0 Å². The Kier molecular flexibility index (Phi) is 5.38. The Balaban J connectivity index is 1.55. The second kappa shape index (κ2) is 7.22. The molecule has 11 unspecified atom stereocenters. The smallest absolute Gasteiger partial charge is 0.0648 e. The highest BCUT2D eigenvalue weighted by Gasteiger charge is 2.70. The summed E-state index contributed by atoms with van der Waals surface area (Å²) in [6.07, 6.45) is 11.1. The Bertz CT molecular complexity index is 789. The monoisotopic (exact) mass is 460 g/mol. The summed E-state index contributed by atoms with van der Waals surface area (Å²) in [7, 11) is 0. The summed E-state index contributed by atoms with van der Waals surface area (Å²) < 4.78 is 0. The van der Waals surface area contributed by atoms with Crippen LogP contribution in [0.5, 0.6) is 0 Å². The fourth-order valence-corrected chi connectivity index (χ4v) is 11.7. The molecule has 190 valence electrons. The SMILES string of the molecule is CC1C2C3CCC4C5(C)CCC(O)C(C)(C)C5CCC4(C)C3(C)CCC2(CO)CCC1(C)O. The third kappa shape index (κ3) is 2.91. The van der Waals surface area contributed by atoms with E-state index in [1.54, 1.807) is 0 Å². The van der Waals surface area contributed by atoms with Gasteiger partial charge in [-0.2, -0.15) is 0 Å². The standard InChI is InChI=1S/C30H52O3/c1-19-24-20-8-9-22-26(4)12-11-23(32)25(2,3)21(26)10-13-28(22,6)27(20,5)14-16-30(24,18-31)17-15-29(19,7)33/h19-24,31-33H,8-18H2,1-7H3. The van der Waals surface area contributed by atoms with E-state index in [4.69, 9.17) is 0 Å². The van der Waals surface area contributed by atoms with Crippen LogP contribution >= 0.6 is 0 Å². The number of aliphatic hydroxyl groups is 3. The molecule has 0 bridgehead atoms. The van der Waals surface area contributed by atoms with Crippen LogP contribution in [-0.2, 0) is 0 Å². The molecule has 0 aromatic rings. The molecule has 0 heterocycles. The van der Waals surface area contributed by atoms with Gasteiger partial charge in [0.2, 0.25) is 0 Å². The fraction of sp³-hybridized carbons (Fsp3) is 1.00. The lowest BCUT2D eigenvalue weighted by atomic mass is 9.31. The van der Waals surface area contributed by atoms with E-state index in [2.05, 4.69) is 48.5 Å². The van der Waals surface area contributed by atoms with Crippen molar-refractivity contribution in [3.8, 4) is 0 Å². The summed E-state index contributed by atoms with van der Waals surface area (Å²) in [5.74, 6) is 2.54. The quantitative estimate of drug-likeness (QED) is 0.437. The van der Waals surface area contributed by atoms with E-state index in [1.807, 2.05) is 0 Å². The van der Waals surface area contributed by atoms with Crippen LogP contribution in [0.25, 0.3) is 0 Å². The zero-order chi connectivity index (χ0) is 24.2. The Hall–Kier alpha value is -0.120. The molecular weight excluding hydrogens is 408 g/mol. The summed E-state index contributed by atoms with van der Waals surface area (Å²) in [5.41, 5.74) is 0.249. The van der Waals surface area contributed by atoms with Gasteiger partial charge in [0.15, 0.2) is 0 Å². The van der Waals surface area contributed by atoms with Crippen LogP contribution in [-0.4, -0.2) is 33.6 Å². The molecule has 0 aromatic carbocycles. The number of hydrogen-bond acceptors (Lipinski definition) is 3. The Morgan fingerprint density at radius 3 is 2.06 bits per heavy atom. The van der Waals surface area contributed by atoms with Gasteiger partial charge in [0.05, 0.1) is 11.7 Å². The maximum atomic E-state index is 11.3. The maximum Gasteiger partial charge on any atom is 0.0648 e. The number of rotatable bonds is 1. The predicted molar refractivity (Wildman–Crippen MR) is 134 cm³/mol. The highest BCUT2D eigenvalue weighted by atomic mass is 16.3. The van der Waals surface area contributed by atoms with Gasteiger partial charge in [0.1, 0.15) is 0 Å². The minimum Gasteiger partial charge on any atom is -0.396 e. The van der Waals surface area contributed by atoms with Gasteiger partial charge < -0.3 is 15.3 Å². The van der Waals surface area contributed by atoms with E-state index in [0.717, 1.165) is 25.7 Å². The molecule has 0 radical (unpaired) electrons. The molecule has 0 aromatic heterocycles. The molecule has 3 N–H and O–H groups in total. The normalized spacial score (nSPS) is 60.2. The zero-order valence-electron chi connectivity index (χ0n) is 22.6. The molecular formula is C30H52O3. The van der Waals surface area contributed by atoms with Gasteiger partial charge >= 0.3 is 0 Å². The predicted octanol–water partition coefficient (Wildman–Crippen LogP) is 6.19. The summed E-state index contributed by atoms with van der Waals surface area (Å²) in [4.78, 5) is 0.